The molecule has 1 saturated carbocycles. The van der Waals surface area contributed by atoms with Gasteiger partial charge in [0.25, 0.3) is 11.8 Å². The first-order valence-corrected chi connectivity index (χ1v) is 12.4. The average Bonchev–Trinajstić information content (AvgIpc) is 3.11. The van der Waals surface area contributed by atoms with Gasteiger partial charge in [-0.05, 0) is 57.6 Å². The lowest BCUT2D eigenvalue weighted by Gasteiger charge is -2.27. The van der Waals surface area contributed by atoms with Crippen LogP contribution >= 0.6 is 11.3 Å². The van der Waals surface area contributed by atoms with E-state index in [0.717, 1.165) is 39.7 Å². The normalized spacial score (nSPS) is 21.2. The van der Waals surface area contributed by atoms with E-state index in [0.29, 0.717) is 36.3 Å². The van der Waals surface area contributed by atoms with Gasteiger partial charge in [0.2, 0.25) is 0 Å². The molecule has 172 valence electrons. The van der Waals surface area contributed by atoms with E-state index < -0.39 is 0 Å². The molecule has 2 amide bonds. The molecule has 3 atom stereocenters. The minimum Gasteiger partial charge on any atom is -0.349 e. The Hall–Kier alpha value is -3.00. The zero-order chi connectivity index (χ0) is 23.3. The summed E-state index contributed by atoms with van der Waals surface area (Å²) >= 11 is 1.56. The van der Waals surface area contributed by atoms with Crippen LogP contribution in [0.25, 0.3) is 10.4 Å². The zero-order valence-corrected chi connectivity index (χ0v) is 20.3. The van der Waals surface area contributed by atoms with E-state index in [2.05, 4.69) is 34.5 Å². The van der Waals surface area contributed by atoms with Crippen LogP contribution in [-0.4, -0.2) is 50.6 Å². The number of piperidine rings is 1. The Kier molecular flexibility index (Phi) is 5.56. The molecule has 1 saturated heterocycles. The zero-order valence-electron chi connectivity index (χ0n) is 19.5. The van der Waals surface area contributed by atoms with Crippen LogP contribution in [0.3, 0.4) is 0 Å². The predicted molar refractivity (Wildman–Crippen MR) is 128 cm³/mol. The van der Waals surface area contributed by atoms with E-state index in [1.165, 1.54) is 0 Å². The van der Waals surface area contributed by atoms with Gasteiger partial charge in [0.05, 0.1) is 21.6 Å². The Morgan fingerprint density at radius 3 is 2.79 bits per heavy atom. The van der Waals surface area contributed by atoms with E-state index in [1.807, 2.05) is 43.9 Å². The van der Waals surface area contributed by atoms with Crippen molar-refractivity contribution in [2.75, 3.05) is 13.1 Å². The van der Waals surface area contributed by atoms with Gasteiger partial charge in [-0.15, -0.1) is 11.3 Å². The third-order valence-electron chi connectivity index (χ3n) is 6.69. The molecule has 2 fully saturated rings. The fourth-order valence-electron chi connectivity index (χ4n) is 5.01. The van der Waals surface area contributed by atoms with Crippen molar-refractivity contribution < 1.29 is 9.59 Å². The summed E-state index contributed by atoms with van der Waals surface area (Å²) in [5.41, 5.74) is 4.10. The lowest BCUT2D eigenvalue weighted by molar-refractivity contribution is 0.0690. The van der Waals surface area contributed by atoms with Gasteiger partial charge >= 0.3 is 0 Å². The lowest BCUT2D eigenvalue weighted by atomic mass is 10.1. The molecule has 33 heavy (non-hydrogen) atoms. The molecular formula is C25H29N5O2S. The van der Waals surface area contributed by atoms with Crippen LogP contribution in [0.15, 0.2) is 30.3 Å². The van der Waals surface area contributed by atoms with Crippen molar-refractivity contribution >= 4 is 23.2 Å². The predicted octanol–water partition coefficient (Wildman–Crippen LogP) is 3.84. The number of hydrogen-bond acceptors (Lipinski definition) is 5. The number of hydrogen-bond donors (Lipinski definition) is 1. The van der Waals surface area contributed by atoms with E-state index in [-0.39, 0.29) is 17.9 Å². The first-order chi connectivity index (χ1) is 15.9. The summed E-state index contributed by atoms with van der Waals surface area (Å²) in [6.45, 7) is 9.67. The topological polar surface area (TPSA) is 80.1 Å². The molecule has 1 aromatic carbocycles. The second-order valence-electron chi connectivity index (χ2n) is 9.16. The monoisotopic (exact) mass is 463 g/mol. The van der Waals surface area contributed by atoms with E-state index >= 15 is 0 Å². The summed E-state index contributed by atoms with van der Waals surface area (Å²) in [6, 6.07) is 10.0. The van der Waals surface area contributed by atoms with Gasteiger partial charge in [-0.1, -0.05) is 29.8 Å². The molecule has 7 nitrogen and oxygen atoms in total. The molecule has 2 aromatic heterocycles. The number of carbonyl (C=O) groups is 2. The van der Waals surface area contributed by atoms with Crippen molar-refractivity contribution in [3.63, 3.8) is 0 Å². The number of nitrogens with zero attached hydrogens (tertiary/aromatic N) is 4. The fourth-order valence-corrected chi connectivity index (χ4v) is 5.92. The number of thiazole rings is 1. The summed E-state index contributed by atoms with van der Waals surface area (Å²) in [7, 11) is 0. The second kappa shape index (κ2) is 8.41. The molecule has 1 N–H and O–H groups in total. The third kappa shape index (κ3) is 4.08. The molecule has 0 spiro atoms. The van der Waals surface area contributed by atoms with Crippen molar-refractivity contribution in [3.8, 4) is 10.4 Å². The minimum atomic E-state index is -0.140. The Labute approximate surface area is 197 Å². The third-order valence-corrected chi connectivity index (χ3v) is 7.71. The summed E-state index contributed by atoms with van der Waals surface area (Å²) in [4.78, 5) is 34.0. The maximum atomic E-state index is 13.7. The van der Waals surface area contributed by atoms with Gasteiger partial charge in [-0.3, -0.25) is 14.3 Å². The SMILES string of the molecule is CCn1nc(C)cc1C(=O)NC[C@@H]1[C@@H]2C[C@@H]2CN1C(=O)c1nc(C)sc1-c1cccc(C)c1. The number of aryl methyl sites for hydroxylation is 4. The molecule has 8 heteroatoms. The number of benzene rings is 1. The Morgan fingerprint density at radius 1 is 1.21 bits per heavy atom. The van der Waals surface area contributed by atoms with Gasteiger partial charge < -0.3 is 10.2 Å². The van der Waals surface area contributed by atoms with E-state index in [4.69, 9.17) is 0 Å². The van der Waals surface area contributed by atoms with Crippen molar-refractivity contribution in [2.45, 2.75) is 46.7 Å². The molecule has 5 rings (SSSR count). The highest BCUT2D eigenvalue weighted by molar-refractivity contribution is 7.15. The van der Waals surface area contributed by atoms with Crippen LogP contribution in [-0.2, 0) is 6.54 Å². The van der Waals surface area contributed by atoms with Gasteiger partial charge in [0, 0.05) is 19.6 Å². The minimum absolute atomic E-state index is 0.00193. The Balaban J connectivity index is 1.36. The first-order valence-electron chi connectivity index (χ1n) is 11.5. The summed E-state index contributed by atoms with van der Waals surface area (Å²) in [5, 5.41) is 8.32. The highest BCUT2D eigenvalue weighted by Gasteiger charge is 2.54. The maximum absolute atomic E-state index is 13.7. The van der Waals surface area contributed by atoms with Gasteiger partial charge in [-0.2, -0.15) is 5.10 Å². The molecule has 3 heterocycles. The number of likely N-dealkylation sites (tertiary alicyclic amines) is 1. The smallest absolute Gasteiger partial charge is 0.274 e. The van der Waals surface area contributed by atoms with Crippen molar-refractivity contribution in [1.29, 1.82) is 0 Å². The number of rotatable bonds is 6. The number of carbonyl (C=O) groups excluding carboxylic acids is 2. The number of nitrogens with one attached hydrogen (secondary N) is 1. The Morgan fingerprint density at radius 2 is 2.03 bits per heavy atom. The molecule has 2 aliphatic rings. The molecule has 0 bridgehead atoms. The highest BCUT2D eigenvalue weighted by atomic mass is 32.1. The molecule has 1 aliphatic heterocycles. The molecule has 0 unspecified atom stereocenters. The number of aromatic nitrogens is 3. The first kappa shape index (κ1) is 21.8. The van der Waals surface area contributed by atoms with Crippen LogP contribution in [0.5, 0.6) is 0 Å². The van der Waals surface area contributed by atoms with Crippen LogP contribution in [0, 0.1) is 32.6 Å². The van der Waals surface area contributed by atoms with Gasteiger partial charge in [0.1, 0.15) is 11.4 Å². The fraction of sp³-hybridized carbons (Fsp3) is 0.440. The molecule has 1 aliphatic carbocycles. The lowest BCUT2D eigenvalue weighted by Crippen LogP contribution is -2.46. The maximum Gasteiger partial charge on any atom is 0.274 e. The van der Waals surface area contributed by atoms with Crippen molar-refractivity contribution in [2.24, 2.45) is 11.8 Å². The van der Waals surface area contributed by atoms with Crippen LogP contribution in [0.1, 0.15) is 50.6 Å². The molecule has 3 aromatic rings. The second-order valence-corrected chi connectivity index (χ2v) is 10.4. The van der Waals surface area contributed by atoms with Crippen LogP contribution in [0.4, 0.5) is 0 Å². The molecular weight excluding hydrogens is 434 g/mol. The average molecular weight is 464 g/mol. The molecule has 0 radical (unpaired) electrons. The van der Waals surface area contributed by atoms with Gasteiger partial charge in [0.15, 0.2) is 0 Å². The number of fused-ring (bicyclic) bond motifs is 1. The highest BCUT2D eigenvalue weighted by Crippen LogP contribution is 2.50. The van der Waals surface area contributed by atoms with Crippen molar-refractivity contribution in [3.05, 3.63) is 58.0 Å². The van der Waals surface area contributed by atoms with Crippen LogP contribution < -0.4 is 5.32 Å². The number of amides is 2. The van der Waals surface area contributed by atoms with Gasteiger partial charge in [-0.25, -0.2) is 4.98 Å². The van der Waals surface area contributed by atoms with E-state index in [9.17, 15) is 9.59 Å². The standard InChI is InChI=1S/C25H29N5O2S/c1-5-30-20(10-15(3)28-30)24(31)26-12-21-19-11-18(19)13-29(21)25(32)22-23(33-16(4)27-22)17-8-6-7-14(2)9-17/h6-10,18-19,21H,5,11-13H2,1-4H3,(H,26,31)/t18-,19-,21-/m1/s1. The summed E-state index contributed by atoms with van der Waals surface area (Å²) in [6.07, 6.45) is 1.12. The van der Waals surface area contributed by atoms with Crippen LogP contribution in [0.2, 0.25) is 0 Å². The van der Waals surface area contributed by atoms with Crippen molar-refractivity contribution in [1.82, 2.24) is 25.0 Å². The van der Waals surface area contributed by atoms with E-state index in [1.54, 1.807) is 16.0 Å². The largest absolute Gasteiger partial charge is 0.349 e. The quantitative estimate of drug-likeness (QED) is 0.602. The Bertz CT molecular complexity index is 1230. The summed E-state index contributed by atoms with van der Waals surface area (Å²) in [5.74, 6) is 0.811. The summed E-state index contributed by atoms with van der Waals surface area (Å²) < 4.78 is 1.72.